The number of rotatable bonds is 10. The normalized spacial score (nSPS) is 20.4. The molecular formula is C27H30N4O7S. The Morgan fingerprint density at radius 3 is 2.62 bits per heavy atom. The van der Waals surface area contributed by atoms with E-state index in [0.29, 0.717) is 36.6 Å². The first-order chi connectivity index (χ1) is 18.7. The van der Waals surface area contributed by atoms with Gasteiger partial charge in [-0.15, -0.1) is 0 Å². The highest BCUT2D eigenvalue weighted by Gasteiger charge is 2.35. The molecule has 1 aromatic heterocycles. The summed E-state index contributed by atoms with van der Waals surface area (Å²) in [5.74, 6) is 0.373. The number of piperidine rings is 1. The van der Waals surface area contributed by atoms with Crippen molar-refractivity contribution >= 4 is 40.9 Å². The van der Waals surface area contributed by atoms with Crippen LogP contribution >= 0.6 is 11.8 Å². The zero-order chi connectivity index (χ0) is 27.9. The first-order valence-electron chi connectivity index (χ1n) is 12.7. The molecule has 0 aliphatic carbocycles. The molecule has 1 N–H and O–H groups in total. The summed E-state index contributed by atoms with van der Waals surface area (Å²) < 4.78 is 11.9. The molecule has 206 valence electrons. The lowest BCUT2D eigenvalue weighted by molar-refractivity contribution is -0.127. The molecule has 2 aliphatic rings. The van der Waals surface area contributed by atoms with Crippen molar-refractivity contribution in [2.45, 2.75) is 58.1 Å². The number of hydrogen-bond donors (Lipinski definition) is 1. The van der Waals surface area contributed by atoms with Crippen LogP contribution in [0.15, 0.2) is 41.6 Å². The number of ether oxygens (including phenoxy) is 2. The van der Waals surface area contributed by atoms with E-state index in [9.17, 15) is 24.3 Å². The minimum atomic E-state index is -0.897. The number of ketones is 1. The summed E-state index contributed by atoms with van der Waals surface area (Å²) in [5.41, 5.74) is 0.688. The van der Waals surface area contributed by atoms with Gasteiger partial charge in [0.05, 0.1) is 17.5 Å². The van der Waals surface area contributed by atoms with E-state index in [-0.39, 0.29) is 35.3 Å². The number of nitrogens with zero attached hydrogens (tertiary/aromatic N) is 4. The number of carbonyl (C=O) groups is 4. The highest BCUT2D eigenvalue weighted by atomic mass is 32.2. The average molecular weight is 555 g/mol. The minimum Gasteiger partial charge on any atom is -0.474 e. The standard InChI is InChI=1S/C27H30N4O7S/c1-3-4-5-19-13-21(10-11-30(19)26(34)35)38-24-14-23(28-16-29-24)37-20-8-6-18(7-9-20)12-22-25(33)31(15-17(2)32)27(36)39-22/h6-9,12,14,16,19,21H,3-5,10-11,13,15H2,1-2H3,(H,34,35)/b22-12-. The number of imide groups is 1. The van der Waals surface area contributed by atoms with Crippen molar-refractivity contribution < 1.29 is 33.8 Å². The summed E-state index contributed by atoms with van der Waals surface area (Å²) in [4.78, 5) is 58.4. The summed E-state index contributed by atoms with van der Waals surface area (Å²) in [6.45, 7) is 3.59. The first-order valence-corrected chi connectivity index (χ1v) is 13.6. The van der Waals surface area contributed by atoms with Crippen molar-refractivity contribution in [2.24, 2.45) is 0 Å². The zero-order valence-corrected chi connectivity index (χ0v) is 22.6. The van der Waals surface area contributed by atoms with Gasteiger partial charge in [-0.1, -0.05) is 31.9 Å². The Kier molecular flexibility index (Phi) is 9.18. The number of carboxylic acid groups (broad SMARTS) is 1. The Bertz CT molecular complexity index is 1270. The molecule has 1 aromatic carbocycles. The van der Waals surface area contributed by atoms with Crippen LogP contribution in [0.4, 0.5) is 9.59 Å². The van der Waals surface area contributed by atoms with Crippen LogP contribution in [0.1, 0.15) is 51.5 Å². The lowest BCUT2D eigenvalue weighted by Gasteiger charge is -2.37. The van der Waals surface area contributed by atoms with Crippen molar-refractivity contribution in [3.8, 4) is 17.5 Å². The smallest absolute Gasteiger partial charge is 0.407 e. The van der Waals surface area contributed by atoms with Crippen molar-refractivity contribution in [3.63, 3.8) is 0 Å². The molecule has 12 heteroatoms. The van der Waals surface area contributed by atoms with Gasteiger partial charge in [0.25, 0.3) is 11.1 Å². The third-order valence-corrected chi connectivity index (χ3v) is 7.27. The van der Waals surface area contributed by atoms with E-state index in [1.165, 1.54) is 18.2 Å². The molecule has 2 unspecified atom stereocenters. The van der Waals surface area contributed by atoms with Crippen molar-refractivity contribution in [1.82, 2.24) is 19.8 Å². The predicted molar refractivity (Wildman–Crippen MR) is 144 cm³/mol. The summed E-state index contributed by atoms with van der Waals surface area (Å²) in [6.07, 6.45) is 5.80. The summed E-state index contributed by atoms with van der Waals surface area (Å²) in [5, 5.41) is 9.05. The molecule has 3 heterocycles. The maximum Gasteiger partial charge on any atom is 0.407 e. The fourth-order valence-electron chi connectivity index (χ4n) is 4.46. The number of Topliss-reactive ketones (excluding diaryl/α,β-unsaturated/α-hetero) is 1. The molecule has 2 saturated heterocycles. The Hall–Kier alpha value is -3.93. The Labute approximate surface area is 230 Å². The van der Waals surface area contributed by atoms with Gasteiger partial charge in [0.2, 0.25) is 11.8 Å². The Morgan fingerprint density at radius 2 is 1.92 bits per heavy atom. The van der Waals surface area contributed by atoms with E-state index in [1.54, 1.807) is 36.4 Å². The van der Waals surface area contributed by atoms with Gasteiger partial charge in [-0.25, -0.2) is 14.8 Å². The molecule has 11 nitrogen and oxygen atoms in total. The molecule has 4 rings (SSSR count). The zero-order valence-electron chi connectivity index (χ0n) is 21.7. The van der Waals surface area contributed by atoms with Crippen LogP contribution in [0.25, 0.3) is 6.08 Å². The maximum atomic E-state index is 12.4. The topological polar surface area (TPSA) is 139 Å². The number of amides is 3. The number of aromatic nitrogens is 2. The van der Waals surface area contributed by atoms with E-state index in [1.807, 2.05) is 0 Å². The molecule has 2 fully saturated rings. The number of likely N-dealkylation sites (tertiary alicyclic amines) is 1. The number of carbonyl (C=O) groups excluding carboxylic acids is 3. The first kappa shape index (κ1) is 28.1. The molecule has 3 amide bonds. The summed E-state index contributed by atoms with van der Waals surface area (Å²) in [7, 11) is 0. The fourth-order valence-corrected chi connectivity index (χ4v) is 5.30. The summed E-state index contributed by atoms with van der Waals surface area (Å²) in [6, 6.07) is 8.38. The summed E-state index contributed by atoms with van der Waals surface area (Å²) >= 11 is 0.799. The van der Waals surface area contributed by atoms with Gasteiger partial charge in [-0.05, 0) is 48.9 Å². The van der Waals surface area contributed by atoms with Gasteiger partial charge in [0.1, 0.15) is 24.0 Å². The van der Waals surface area contributed by atoms with E-state index >= 15 is 0 Å². The van der Waals surface area contributed by atoms with E-state index in [2.05, 4.69) is 16.9 Å². The van der Waals surface area contributed by atoms with Crippen LogP contribution < -0.4 is 9.47 Å². The number of thioether (sulfide) groups is 1. The third kappa shape index (κ3) is 7.34. The van der Waals surface area contributed by atoms with Crippen LogP contribution in [0.2, 0.25) is 0 Å². The molecule has 0 spiro atoms. The minimum absolute atomic E-state index is 0.0829. The Balaban J connectivity index is 1.37. The molecule has 2 aliphatic heterocycles. The number of unbranched alkanes of at least 4 members (excludes halogenated alkanes) is 1. The number of hydrogen-bond acceptors (Lipinski definition) is 9. The molecular weight excluding hydrogens is 524 g/mol. The van der Waals surface area contributed by atoms with Crippen molar-refractivity contribution in [1.29, 1.82) is 0 Å². The van der Waals surface area contributed by atoms with Gasteiger partial charge in [-0.2, -0.15) is 0 Å². The predicted octanol–water partition coefficient (Wildman–Crippen LogP) is 4.97. The van der Waals surface area contributed by atoms with Gasteiger partial charge in [-0.3, -0.25) is 19.3 Å². The monoisotopic (exact) mass is 554 g/mol. The molecule has 2 atom stereocenters. The van der Waals surface area contributed by atoms with E-state index in [0.717, 1.165) is 35.9 Å². The lowest BCUT2D eigenvalue weighted by Crippen LogP contribution is -2.48. The van der Waals surface area contributed by atoms with Gasteiger partial charge in [0, 0.05) is 25.4 Å². The second-order valence-corrected chi connectivity index (χ2v) is 10.4. The molecule has 0 bridgehead atoms. The van der Waals surface area contributed by atoms with Gasteiger partial charge >= 0.3 is 6.09 Å². The molecule has 2 aromatic rings. The number of benzene rings is 1. The van der Waals surface area contributed by atoms with Crippen LogP contribution in [0.5, 0.6) is 17.5 Å². The molecule has 39 heavy (non-hydrogen) atoms. The SMILES string of the molecule is CCCCC1CC(Oc2cc(Oc3ccc(/C=C4\SC(=O)N(CC(C)=O)C4=O)cc3)ncn2)CCN1C(=O)O. The molecule has 0 saturated carbocycles. The average Bonchev–Trinajstić information content (AvgIpc) is 3.15. The fraction of sp³-hybridized carbons (Fsp3) is 0.407. The van der Waals surface area contributed by atoms with Crippen LogP contribution in [-0.4, -0.2) is 73.1 Å². The van der Waals surface area contributed by atoms with E-state index < -0.39 is 17.2 Å². The highest BCUT2D eigenvalue weighted by molar-refractivity contribution is 8.18. The third-order valence-electron chi connectivity index (χ3n) is 6.36. The van der Waals surface area contributed by atoms with Crippen LogP contribution in [0.3, 0.4) is 0 Å². The van der Waals surface area contributed by atoms with Crippen molar-refractivity contribution in [2.75, 3.05) is 13.1 Å². The highest BCUT2D eigenvalue weighted by Crippen LogP contribution is 2.33. The van der Waals surface area contributed by atoms with Gasteiger partial charge in [0.15, 0.2) is 0 Å². The second-order valence-electron chi connectivity index (χ2n) is 9.37. The van der Waals surface area contributed by atoms with Crippen LogP contribution in [-0.2, 0) is 9.59 Å². The van der Waals surface area contributed by atoms with Crippen molar-refractivity contribution in [3.05, 3.63) is 47.1 Å². The molecule has 0 radical (unpaired) electrons. The Morgan fingerprint density at radius 1 is 1.18 bits per heavy atom. The second kappa shape index (κ2) is 12.7. The van der Waals surface area contributed by atoms with Crippen LogP contribution in [0, 0.1) is 0 Å². The largest absolute Gasteiger partial charge is 0.474 e. The van der Waals surface area contributed by atoms with E-state index in [4.69, 9.17) is 9.47 Å². The quantitative estimate of drug-likeness (QED) is 0.400. The maximum absolute atomic E-state index is 12.4. The lowest BCUT2D eigenvalue weighted by atomic mass is 9.95. The van der Waals surface area contributed by atoms with Gasteiger partial charge < -0.3 is 19.5 Å².